The monoisotopic (exact) mass is 240 g/mol. The fraction of sp³-hybridized carbons (Fsp3) is 0.636. The van der Waals surface area contributed by atoms with E-state index in [0.29, 0.717) is 6.54 Å². The summed E-state index contributed by atoms with van der Waals surface area (Å²) in [6.07, 6.45) is 0. The Hall–Kier alpha value is -0.940. The quantitative estimate of drug-likeness (QED) is 0.872. The first-order chi connectivity index (χ1) is 7.58. The van der Waals surface area contributed by atoms with Gasteiger partial charge in [0.1, 0.15) is 0 Å². The molecule has 0 bridgehead atoms. The lowest BCUT2D eigenvalue weighted by Crippen LogP contribution is -2.23. The Morgan fingerprint density at radius 3 is 2.94 bits per heavy atom. The van der Waals surface area contributed by atoms with Crippen molar-refractivity contribution in [3.63, 3.8) is 0 Å². The molecule has 2 atom stereocenters. The van der Waals surface area contributed by atoms with Gasteiger partial charge < -0.3 is 5.11 Å². The van der Waals surface area contributed by atoms with Crippen molar-refractivity contribution in [1.29, 1.82) is 0 Å². The molecule has 1 saturated heterocycles. The van der Waals surface area contributed by atoms with Gasteiger partial charge in [0.25, 0.3) is 0 Å². The maximum absolute atomic E-state index is 11.0. The Morgan fingerprint density at radius 1 is 1.69 bits per heavy atom. The van der Waals surface area contributed by atoms with E-state index in [1.54, 1.807) is 11.3 Å². The third-order valence-electron chi connectivity index (χ3n) is 3.22. The van der Waals surface area contributed by atoms with Gasteiger partial charge in [0.15, 0.2) is 0 Å². The Labute approximate surface area is 98.9 Å². The van der Waals surface area contributed by atoms with Crippen LogP contribution < -0.4 is 0 Å². The van der Waals surface area contributed by atoms with Crippen molar-refractivity contribution in [3.05, 3.63) is 16.1 Å². The van der Waals surface area contributed by atoms with Crippen LogP contribution in [-0.2, 0) is 11.3 Å². The van der Waals surface area contributed by atoms with Crippen molar-refractivity contribution in [2.24, 2.45) is 11.8 Å². The molecule has 16 heavy (non-hydrogen) atoms. The summed E-state index contributed by atoms with van der Waals surface area (Å²) in [5.74, 6) is -0.644. The second kappa shape index (κ2) is 4.51. The van der Waals surface area contributed by atoms with Crippen molar-refractivity contribution in [2.45, 2.75) is 20.4 Å². The number of aromatic nitrogens is 1. The van der Waals surface area contributed by atoms with Crippen molar-refractivity contribution in [1.82, 2.24) is 9.88 Å². The van der Waals surface area contributed by atoms with Gasteiger partial charge in [-0.15, -0.1) is 11.3 Å². The number of rotatable bonds is 3. The molecule has 2 rings (SSSR count). The van der Waals surface area contributed by atoms with Gasteiger partial charge in [-0.2, -0.15) is 0 Å². The SMILES string of the molecule is Cc1ncsc1CN1CC(C)C(C(=O)O)C1. The Morgan fingerprint density at radius 2 is 2.44 bits per heavy atom. The predicted molar refractivity (Wildman–Crippen MR) is 62.4 cm³/mol. The molecule has 1 aliphatic rings. The maximum atomic E-state index is 11.0. The minimum atomic E-state index is -0.670. The van der Waals surface area contributed by atoms with Gasteiger partial charge in [0.05, 0.1) is 17.1 Å². The fourth-order valence-corrected chi connectivity index (χ4v) is 3.02. The smallest absolute Gasteiger partial charge is 0.308 e. The topological polar surface area (TPSA) is 53.4 Å². The molecule has 5 heteroatoms. The highest BCUT2D eigenvalue weighted by Crippen LogP contribution is 2.26. The van der Waals surface area contributed by atoms with Gasteiger partial charge >= 0.3 is 5.97 Å². The summed E-state index contributed by atoms with van der Waals surface area (Å²) in [6, 6.07) is 0. The molecule has 0 spiro atoms. The summed E-state index contributed by atoms with van der Waals surface area (Å²) in [4.78, 5) is 18.7. The summed E-state index contributed by atoms with van der Waals surface area (Å²) in [5, 5.41) is 9.05. The second-order valence-corrected chi connectivity index (χ2v) is 5.42. The molecule has 1 aliphatic heterocycles. The van der Waals surface area contributed by atoms with E-state index in [1.807, 2.05) is 19.4 Å². The average molecular weight is 240 g/mol. The standard InChI is InChI=1S/C11H16N2O2S/c1-7-3-13(4-9(7)11(14)15)5-10-8(2)12-6-16-10/h6-7,9H,3-5H2,1-2H3,(H,14,15). The lowest BCUT2D eigenvalue weighted by Gasteiger charge is -2.13. The number of nitrogens with zero attached hydrogens (tertiary/aromatic N) is 2. The molecule has 0 radical (unpaired) electrons. The highest BCUT2D eigenvalue weighted by atomic mass is 32.1. The summed E-state index contributed by atoms with van der Waals surface area (Å²) < 4.78 is 0. The van der Waals surface area contributed by atoms with Crippen LogP contribution >= 0.6 is 11.3 Å². The predicted octanol–water partition coefficient (Wildman–Crippen LogP) is 1.60. The van der Waals surface area contributed by atoms with Crippen molar-refractivity contribution in [2.75, 3.05) is 13.1 Å². The fourth-order valence-electron chi connectivity index (χ4n) is 2.20. The van der Waals surface area contributed by atoms with Crippen LogP contribution in [0, 0.1) is 18.8 Å². The van der Waals surface area contributed by atoms with E-state index >= 15 is 0 Å². The van der Waals surface area contributed by atoms with Gasteiger partial charge in [0.2, 0.25) is 0 Å². The molecular weight excluding hydrogens is 224 g/mol. The third kappa shape index (κ3) is 2.25. The summed E-state index contributed by atoms with van der Waals surface area (Å²) >= 11 is 1.65. The van der Waals surface area contributed by atoms with E-state index in [1.165, 1.54) is 4.88 Å². The number of carboxylic acid groups (broad SMARTS) is 1. The molecule has 0 aliphatic carbocycles. The zero-order valence-electron chi connectivity index (χ0n) is 9.51. The Bertz CT molecular complexity index is 391. The lowest BCUT2D eigenvalue weighted by molar-refractivity contribution is -0.142. The third-order valence-corrected chi connectivity index (χ3v) is 4.14. The van der Waals surface area contributed by atoms with Crippen LogP contribution in [0.2, 0.25) is 0 Å². The molecule has 1 aromatic heterocycles. The molecule has 0 aromatic carbocycles. The van der Waals surface area contributed by atoms with E-state index in [9.17, 15) is 4.79 Å². The van der Waals surface area contributed by atoms with Crippen LogP contribution in [0.5, 0.6) is 0 Å². The second-order valence-electron chi connectivity index (χ2n) is 4.48. The van der Waals surface area contributed by atoms with Gasteiger partial charge in [-0.05, 0) is 12.8 Å². The number of hydrogen-bond donors (Lipinski definition) is 1. The number of aliphatic carboxylic acids is 1. The number of hydrogen-bond acceptors (Lipinski definition) is 4. The first kappa shape index (κ1) is 11.5. The molecule has 88 valence electrons. The first-order valence-electron chi connectivity index (χ1n) is 5.42. The van der Waals surface area contributed by atoms with E-state index in [-0.39, 0.29) is 11.8 Å². The van der Waals surface area contributed by atoms with Crippen LogP contribution in [0.15, 0.2) is 5.51 Å². The summed E-state index contributed by atoms with van der Waals surface area (Å²) in [7, 11) is 0. The zero-order chi connectivity index (χ0) is 11.7. The first-order valence-corrected chi connectivity index (χ1v) is 6.30. The van der Waals surface area contributed by atoms with Gasteiger partial charge in [-0.25, -0.2) is 4.98 Å². The molecule has 0 saturated carbocycles. The normalized spacial score (nSPS) is 26.1. The van der Waals surface area contributed by atoms with Gasteiger partial charge in [0, 0.05) is 24.5 Å². The molecule has 1 N–H and O–H groups in total. The van der Waals surface area contributed by atoms with Crippen LogP contribution in [0.25, 0.3) is 0 Å². The van der Waals surface area contributed by atoms with Crippen LogP contribution in [0.1, 0.15) is 17.5 Å². The van der Waals surface area contributed by atoms with E-state index < -0.39 is 5.97 Å². The Balaban J connectivity index is 1.99. The summed E-state index contributed by atoms with van der Waals surface area (Å²) in [5.41, 5.74) is 2.91. The Kier molecular flexibility index (Phi) is 3.25. The van der Waals surface area contributed by atoms with Crippen molar-refractivity contribution in [3.8, 4) is 0 Å². The molecule has 4 nitrogen and oxygen atoms in total. The molecule has 2 unspecified atom stereocenters. The molecular formula is C11H16N2O2S. The lowest BCUT2D eigenvalue weighted by atomic mass is 9.99. The summed E-state index contributed by atoms with van der Waals surface area (Å²) in [6.45, 7) is 6.38. The van der Waals surface area contributed by atoms with Crippen molar-refractivity contribution < 1.29 is 9.90 Å². The number of aryl methyl sites for hydroxylation is 1. The highest BCUT2D eigenvalue weighted by Gasteiger charge is 2.34. The van der Waals surface area contributed by atoms with Crippen LogP contribution in [-0.4, -0.2) is 34.0 Å². The number of carboxylic acids is 1. The molecule has 2 heterocycles. The average Bonchev–Trinajstić information content (AvgIpc) is 2.75. The van der Waals surface area contributed by atoms with E-state index in [2.05, 4.69) is 9.88 Å². The largest absolute Gasteiger partial charge is 0.481 e. The maximum Gasteiger partial charge on any atom is 0.308 e. The molecule has 1 fully saturated rings. The number of thiazole rings is 1. The number of likely N-dealkylation sites (tertiary alicyclic amines) is 1. The minimum Gasteiger partial charge on any atom is -0.481 e. The van der Waals surface area contributed by atoms with Gasteiger partial charge in [-0.1, -0.05) is 6.92 Å². The van der Waals surface area contributed by atoms with E-state index in [0.717, 1.165) is 18.8 Å². The molecule has 1 aromatic rings. The molecule has 0 amide bonds. The highest BCUT2D eigenvalue weighted by molar-refractivity contribution is 7.09. The van der Waals surface area contributed by atoms with Crippen LogP contribution in [0.3, 0.4) is 0 Å². The minimum absolute atomic E-state index is 0.215. The number of carbonyl (C=O) groups is 1. The van der Waals surface area contributed by atoms with E-state index in [4.69, 9.17) is 5.11 Å². The zero-order valence-corrected chi connectivity index (χ0v) is 10.3. The van der Waals surface area contributed by atoms with Gasteiger partial charge in [-0.3, -0.25) is 9.69 Å². The van der Waals surface area contributed by atoms with Crippen LogP contribution in [0.4, 0.5) is 0 Å². The van der Waals surface area contributed by atoms with Crippen molar-refractivity contribution >= 4 is 17.3 Å².